The van der Waals surface area contributed by atoms with E-state index < -0.39 is 29.8 Å². The van der Waals surface area contributed by atoms with E-state index in [1.54, 1.807) is 45.0 Å². The Morgan fingerprint density at radius 2 is 1.07 bits per heavy atom. The Labute approximate surface area is 261 Å². The van der Waals surface area contributed by atoms with E-state index in [1.807, 2.05) is 0 Å². The first-order valence-electron chi connectivity index (χ1n) is 14.1. The number of benzene rings is 2. The number of carbonyl (C=O) groups excluding carboxylic acids is 5. The molecular formula is C33H38O12. The standard InChI is InChI=1S/C33H38O12/c1-7-41-31(36)26-12-11-24(18-28(26)33(38)45-16-15-44-30(35)22(5)6)23-9-10-25(27(17-23)32(37)42-8-2)19-40-20-39-13-14-43-29(34)21(3)4/h9-12,17-18H,3,5,7-8,13-16,19-20H2,1-2,4,6H3. The number of rotatable bonds is 18. The largest absolute Gasteiger partial charge is 0.462 e. The fourth-order valence-electron chi connectivity index (χ4n) is 3.62. The molecule has 0 unspecified atom stereocenters. The van der Waals surface area contributed by atoms with Crippen molar-refractivity contribution in [2.75, 3.05) is 46.4 Å². The molecule has 0 saturated heterocycles. The SMILES string of the molecule is C=C(C)C(=O)OCCOCOCc1ccc(-c2ccc(C(=O)OCC)c(C(=O)OCCOC(=O)C(=C)C)c2)cc1C(=O)OCC. The molecule has 45 heavy (non-hydrogen) atoms. The third-order valence-electron chi connectivity index (χ3n) is 5.81. The van der Waals surface area contributed by atoms with Crippen LogP contribution in [0.25, 0.3) is 11.1 Å². The maximum atomic E-state index is 13.0. The van der Waals surface area contributed by atoms with Gasteiger partial charge >= 0.3 is 29.8 Å². The van der Waals surface area contributed by atoms with Gasteiger partial charge in [-0.15, -0.1) is 0 Å². The average molecular weight is 627 g/mol. The van der Waals surface area contributed by atoms with E-state index in [9.17, 15) is 24.0 Å². The van der Waals surface area contributed by atoms with Crippen LogP contribution in [-0.4, -0.2) is 76.3 Å². The van der Waals surface area contributed by atoms with Gasteiger partial charge in [0, 0.05) is 11.1 Å². The molecule has 2 rings (SSSR count). The first kappa shape index (κ1) is 36.4. The zero-order valence-corrected chi connectivity index (χ0v) is 25.9. The molecule has 12 nitrogen and oxygen atoms in total. The van der Waals surface area contributed by atoms with Crippen LogP contribution in [0.15, 0.2) is 60.7 Å². The highest BCUT2D eigenvalue weighted by molar-refractivity contribution is 6.04. The number of carbonyl (C=O) groups is 5. The molecule has 0 bridgehead atoms. The van der Waals surface area contributed by atoms with E-state index in [0.717, 1.165) is 0 Å². The van der Waals surface area contributed by atoms with E-state index in [-0.39, 0.29) is 80.9 Å². The lowest BCUT2D eigenvalue weighted by molar-refractivity contribution is -0.142. The summed E-state index contributed by atoms with van der Waals surface area (Å²) in [5.74, 6) is -3.28. The van der Waals surface area contributed by atoms with Crippen molar-refractivity contribution in [3.05, 3.63) is 83.0 Å². The average Bonchev–Trinajstić information content (AvgIpc) is 3.02. The van der Waals surface area contributed by atoms with Crippen molar-refractivity contribution < 1.29 is 57.1 Å². The van der Waals surface area contributed by atoms with Gasteiger partial charge in [0.25, 0.3) is 0 Å². The maximum absolute atomic E-state index is 13.0. The summed E-state index contributed by atoms with van der Waals surface area (Å²) in [5.41, 5.74) is 2.16. The third kappa shape index (κ3) is 11.7. The summed E-state index contributed by atoms with van der Waals surface area (Å²) in [4.78, 5) is 61.4. The molecule has 0 fully saturated rings. The molecule has 242 valence electrons. The fourth-order valence-corrected chi connectivity index (χ4v) is 3.62. The molecule has 0 spiro atoms. The highest BCUT2D eigenvalue weighted by Gasteiger charge is 2.22. The monoisotopic (exact) mass is 626 g/mol. The zero-order valence-electron chi connectivity index (χ0n) is 25.9. The van der Waals surface area contributed by atoms with Gasteiger partial charge in [0.05, 0.1) is 43.1 Å². The summed E-state index contributed by atoms with van der Waals surface area (Å²) < 4.78 is 36.3. The van der Waals surface area contributed by atoms with Crippen molar-refractivity contribution in [3.63, 3.8) is 0 Å². The topological polar surface area (TPSA) is 150 Å². The molecule has 0 amide bonds. The number of hydrogen-bond donors (Lipinski definition) is 0. The van der Waals surface area contributed by atoms with Crippen molar-refractivity contribution in [3.8, 4) is 11.1 Å². The van der Waals surface area contributed by atoms with Crippen LogP contribution in [0.3, 0.4) is 0 Å². The maximum Gasteiger partial charge on any atom is 0.339 e. The van der Waals surface area contributed by atoms with Gasteiger partial charge in [0.2, 0.25) is 0 Å². The van der Waals surface area contributed by atoms with Gasteiger partial charge in [0.15, 0.2) is 0 Å². The van der Waals surface area contributed by atoms with Crippen LogP contribution in [0.1, 0.15) is 64.3 Å². The fraction of sp³-hybridized carbons (Fsp3) is 0.364. The van der Waals surface area contributed by atoms with Crippen LogP contribution in [0.4, 0.5) is 0 Å². The van der Waals surface area contributed by atoms with Gasteiger partial charge in [-0.05, 0) is 62.6 Å². The summed E-state index contributed by atoms with van der Waals surface area (Å²) in [7, 11) is 0. The first-order valence-corrected chi connectivity index (χ1v) is 14.1. The van der Waals surface area contributed by atoms with E-state index in [0.29, 0.717) is 16.7 Å². The predicted octanol–water partition coefficient (Wildman–Crippen LogP) is 4.59. The van der Waals surface area contributed by atoms with Crippen molar-refractivity contribution in [1.82, 2.24) is 0 Å². The number of hydrogen-bond acceptors (Lipinski definition) is 12. The van der Waals surface area contributed by atoms with Gasteiger partial charge in [0.1, 0.15) is 26.6 Å². The van der Waals surface area contributed by atoms with Gasteiger partial charge in [-0.25, -0.2) is 24.0 Å². The predicted molar refractivity (Wildman–Crippen MR) is 161 cm³/mol. The lowest BCUT2D eigenvalue weighted by atomic mass is 9.96. The summed E-state index contributed by atoms with van der Waals surface area (Å²) in [5, 5.41) is 0. The molecule has 0 aliphatic heterocycles. The van der Waals surface area contributed by atoms with Crippen molar-refractivity contribution in [2.45, 2.75) is 34.3 Å². The zero-order chi connectivity index (χ0) is 33.4. The lowest BCUT2D eigenvalue weighted by Crippen LogP contribution is -2.17. The molecule has 0 saturated carbocycles. The van der Waals surface area contributed by atoms with Crippen LogP contribution < -0.4 is 0 Å². The molecule has 0 N–H and O–H groups in total. The lowest BCUT2D eigenvalue weighted by Gasteiger charge is -2.14. The van der Waals surface area contributed by atoms with Gasteiger partial charge in [-0.2, -0.15) is 0 Å². The molecule has 0 aromatic heterocycles. The normalized spacial score (nSPS) is 10.4. The summed E-state index contributed by atoms with van der Waals surface area (Å²) in [6.07, 6.45) is 0. The molecule has 2 aromatic rings. The highest BCUT2D eigenvalue weighted by Crippen LogP contribution is 2.27. The van der Waals surface area contributed by atoms with Crippen LogP contribution in [0.2, 0.25) is 0 Å². The van der Waals surface area contributed by atoms with Crippen LogP contribution in [-0.2, 0) is 49.4 Å². The molecule has 0 aliphatic carbocycles. The molecule has 0 atom stereocenters. The molecule has 0 radical (unpaired) electrons. The molecular weight excluding hydrogens is 588 g/mol. The second kappa shape index (κ2) is 18.8. The minimum Gasteiger partial charge on any atom is -0.462 e. The van der Waals surface area contributed by atoms with Gasteiger partial charge in [-0.3, -0.25) is 0 Å². The van der Waals surface area contributed by atoms with E-state index in [1.165, 1.54) is 19.1 Å². The summed E-state index contributed by atoms with van der Waals surface area (Å²) >= 11 is 0. The van der Waals surface area contributed by atoms with Crippen LogP contribution in [0, 0.1) is 0 Å². The van der Waals surface area contributed by atoms with Crippen LogP contribution in [0.5, 0.6) is 0 Å². The van der Waals surface area contributed by atoms with E-state index >= 15 is 0 Å². The number of esters is 5. The highest BCUT2D eigenvalue weighted by atomic mass is 16.7. The minimum absolute atomic E-state index is 0.00923. The quantitative estimate of drug-likeness (QED) is 0.0748. The Morgan fingerprint density at radius 1 is 0.578 bits per heavy atom. The van der Waals surface area contributed by atoms with Crippen molar-refractivity contribution in [2.24, 2.45) is 0 Å². The van der Waals surface area contributed by atoms with Crippen molar-refractivity contribution in [1.29, 1.82) is 0 Å². The van der Waals surface area contributed by atoms with E-state index in [4.69, 9.17) is 33.2 Å². The van der Waals surface area contributed by atoms with Crippen LogP contribution >= 0.6 is 0 Å². The van der Waals surface area contributed by atoms with Gasteiger partial charge in [-0.1, -0.05) is 31.4 Å². The summed E-state index contributed by atoms with van der Waals surface area (Å²) in [6, 6.07) is 9.45. The second-order valence-electron chi connectivity index (χ2n) is 9.42. The Balaban J connectivity index is 2.24. The molecule has 0 heterocycles. The smallest absolute Gasteiger partial charge is 0.339 e. The van der Waals surface area contributed by atoms with Crippen molar-refractivity contribution >= 4 is 29.8 Å². The number of ether oxygens (including phenoxy) is 7. The summed E-state index contributed by atoms with van der Waals surface area (Å²) in [6.45, 7) is 13.1. The minimum atomic E-state index is -0.837. The van der Waals surface area contributed by atoms with E-state index in [2.05, 4.69) is 13.2 Å². The Bertz CT molecular complexity index is 1410. The second-order valence-corrected chi connectivity index (χ2v) is 9.42. The Hall–Kier alpha value is -4.81. The molecule has 0 aliphatic rings. The Morgan fingerprint density at radius 3 is 1.64 bits per heavy atom. The molecule has 2 aromatic carbocycles. The first-order chi connectivity index (χ1) is 21.5. The Kier molecular flexibility index (Phi) is 15.2. The third-order valence-corrected chi connectivity index (χ3v) is 5.81. The van der Waals surface area contributed by atoms with Gasteiger partial charge < -0.3 is 33.2 Å². The molecule has 12 heteroatoms.